The predicted octanol–water partition coefficient (Wildman–Crippen LogP) is -0.0444. The standard InChI is InChI=1S/C14H22N4O4S/c1-23(19,20)18-5-6-21-11-14(10-18)7-12(9-22-14)8-17-13-15-3-2-4-16-13/h2-4,12H,5-11H2,1H3,(H,15,16,17)/t12-,14-/m0/s1. The third-order valence-electron chi connectivity index (χ3n) is 4.18. The van der Waals surface area contributed by atoms with Crippen molar-refractivity contribution >= 4 is 16.0 Å². The Kier molecular flexibility index (Phi) is 4.81. The summed E-state index contributed by atoms with van der Waals surface area (Å²) >= 11 is 0. The molecule has 0 saturated carbocycles. The molecule has 1 aromatic rings. The molecule has 2 fully saturated rings. The fraction of sp³-hybridized carbons (Fsp3) is 0.714. The Balaban J connectivity index is 1.60. The van der Waals surface area contributed by atoms with Crippen molar-refractivity contribution in [3.05, 3.63) is 18.5 Å². The first-order valence-corrected chi connectivity index (χ1v) is 9.49. The van der Waals surface area contributed by atoms with Crippen LogP contribution in [0.5, 0.6) is 0 Å². The molecule has 9 heteroatoms. The number of nitrogens with zero attached hydrogens (tertiary/aromatic N) is 3. The zero-order chi connectivity index (χ0) is 16.3. The summed E-state index contributed by atoms with van der Waals surface area (Å²) in [6.45, 7) is 2.82. The van der Waals surface area contributed by atoms with Crippen molar-refractivity contribution in [2.24, 2.45) is 5.92 Å². The Bertz CT molecular complexity index is 627. The van der Waals surface area contributed by atoms with Gasteiger partial charge in [-0.1, -0.05) is 0 Å². The van der Waals surface area contributed by atoms with E-state index >= 15 is 0 Å². The first-order chi connectivity index (χ1) is 11.0. The van der Waals surface area contributed by atoms with Crippen molar-refractivity contribution in [2.45, 2.75) is 12.0 Å². The molecule has 1 spiro atoms. The van der Waals surface area contributed by atoms with Crippen LogP contribution in [0.25, 0.3) is 0 Å². The largest absolute Gasteiger partial charge is 0.377 e. The van der Waals surface area contributed by atoms with Gasteiger partial charge in [-0.05, 0) is 12.5 Å². The quantitative estimate of drug-likeness (QED) is 0.820. The number of rotatable bonds is 4. The summed E-state index contributed by atoms with van der Waals surface area (Å²) in [7, 11) is -3.25. The average Bonchev–Trinajstić information content (AvgIpc) is 2.78. The van der Waals surface area contributed by atoms with Gasteiger partial charge >= 0.3 is 0 Å². The molecule has 0 aliphatic carbocycles. The topological polar surface area (TPSA) is 93.7 Å². The summed E-state index contributed by atoms with van der Waals surface area (Å²) in [6.07, 6.45) is 5.35. The van der Waals surface area contributed by atoms with Gasteiger partial charge in [0.25, 0.3) is 0 Å². The van der Waals surface area contributed by atoms with Gasteiger partial charge in [0.15, 0.2) is 0 Å². The van der Waals surface area contributed by atoms with Gasteiger partial charge in [-0.2, -0.15) is 4.31 Å². The smallest absolute Gasteiger partial charge is 0.222 e. The lowest BCUT2D eigenvalue weighted by atomic mass is 9.95. The van der Waals surface area contributed by atoms with Crippen molar-refractivity contribution in [3.63, 3.8) is 0 Å². The van der Waals surface area contributed by atoms with E-state index in [-0.39, 0.29) is 5.92 Å². The third kappa shape index (κ3) is 4.17. The summed E-state index contributed by atoms with van der Waals surface area (Å²) in [5.74, 6) is 0.852. The van der Waals surface area contributed by atoms with Gasteiger partial charge in [0.2, 0.25) is 16.0 Å². The lowest BCUT2D eigenvalue weighted by Crippen LogP contribution is -2.46. The van der Waals surface area contributed by atoms with E-state index in [0.29, 0.717) is 45.4 Å². The summed E-state index contributed by atoms with van der Waals surface area (Å²) in [5.41, 5.74) is -0.552. The number of hydrogen-bond donors (Lipinski definition) is 1. The van der Waals surface area contributed by atoms with Crippen LogP contribution in [0.15, 0.2) is 18.5 Å². The summed E-state index contributed by atoms with van der Waals surface area (Å²) in [5, 5.41) is 3.19. The maximum absolute atomic E-state index is 11.9. The Morgan fingerprint density at radius 1 is 1.43 bits per heavy atom. The normalized spacial score (nSPS) is 29.5. The number of nitrogens with one attached hydrogen (secondary N) is 1. The maximum atomic E-state index is 11.9. The molecule has 0 aromatic carbocycles. The Morgan fingerprint density at radius 3 is 2.96 bits per heavy atom. The molecule has 3 rings (SSSR count). The zero-order valence-electron chi connectivity index (χ0n) is 13.1. The number of hydrogen-bond acceptors (Lipinski definition) is 7. The van der Waals surface area contributed by atoms with E-state index in [9.17, 15) is 8.42 Å². The van der Waals surface area contributed by atoms with Crippen LogP contribution in [0, 0.1) is 5.92 Å². The molecular weight excluding hydrogens is 320 g/mol. The molecule has 23 heavy (non-hydrogen) atoms. The molecule has 1 N–H and O–H groups in total. The lowest BCUT2D eigenvalue weighted by molar-refractivity contribution is -0.0511. The number of anilines is 1. The second kappa shape index (κ2) is 6.68. The van der Waals surface area contributed by atoms with Crippen LogP contribution in [-0.4, -0.2) is 74.0 Å². The van der Waals surface area contributed by atoms with Gasteiger partial charge < -0.3 is 14.8 Å². The highest BCUT2D eigenvalue weighted by Crippen LogP contribution is 2.33. The van der Waals surface area contributed by atoms with Crippen molar-refractivity contribution in [2.75, 3.05) is 51.0 Å². The lowest BCUT2D eigenvalue weighted by Gasteiger charge is -2.29. The van der Waals surface area contributed by atoms with Crippen molar-refractivity contribution < 1.29 is 17.9 Å². The molecule has 2 atom stereocenters. The van der Waals surface area contributed by atoms with Crippen LogP contribution in [0.1, 0.15) is 6.42 Å². The molecule has 2 aliphatic heterocycles. The molecule has 128 valence electrons. The van der Waals surface area contributed by atoms with Gasteiger partial charge in [0, 0.05) is 37.9 Å². The number of sulfonamides is 1. The molecule has 2 saturated heterocycles. The molecule has 0 amide bonds. The van der Waals surface area contributed by atoms with Crippen LogP contribution in [0.3, 0.4) is 0 Å². The molecule has 2 aliphatic rings. The van der Waals surface area contributed by atoms with Crippen LogP contribution in [-0.2, 0) is 19.5 Å². The van der Waals surface area contributed by atoms with Crippen molar-refractivity contribution in [1.82, 2.24) is 14.3 Å². The molecule has 0 unspecified atom stereocenters. The molecule has 0 radical (unpaired) electrons. The highest BCUT2D eigenvalue weighted by molar-refractivity contribution is 7.88. The Labute approximate surface area is 136 Å². The fourth-order valence-corrected chi connectivity index (χ4v) is 3.94. The second-order valence-corrected chi connectivity index (χ2v) is 8.15. The van der Waals surface area contributed by atoms with Crippen molar-refractivity contribution in [1.29, 1.82) is 0 Å². The SMILES string of the molecule is CS(=O)(=O)N1CCOC[C@]2(C[C@@H](CNc3ncccn3)CO2)C1. The molecule has 1 aromatic heterocycles. The summed E-state index contributed by atoms with van der Waals surface area (Å²) in [6, 6.07) is 1.77. The van der Waals surface area contributed by atoms with E-state index in [1.807, 2.05) is 0 Å². The zero-order valence-corrected chi connectivity index (χ0v) is 14.0. The highest BCUT2D eigenvalue weighted by atomic mass is 32.2. The van der Waals surface area contributed by atoms with Crippen molar-refractivity contribution in [3.8, 4) is 0 Å². The van der Waals surface area contributed by atoms with E-state index in [1.165, 1.54) is 10.6 Å². The van der Waals surface area contributed by atoms with E-state index in [0.717, 1.165) is 6.42 Å². The molecule has 8 nitrogen and oxygen atoms in total. The Morgan fingerprint density at radius 2 is 2.22 bits per heavy atom. The van der Waals surface area contributed by atoms with Gasteiger partial charge in [-0.25, -0.2) is 18.4 Å². The minimum Gasteiger partial charge on any atom is -0.377 e. The maximum Gasteiger partial charge on any atom is 0.222 e. The molecular formula is C14H22N4O4S. The monoisotopic (exact) mass is 342 g/mol. The highest BCUT2D eigenvalue weighted by Gasteiger charge is 2.44. The number of ether oxygens (including phenoxy) is 2. The molecule has 3 heterocycles. The first kappa shape index (κ1) is 16.6. The average molecular weight is 342 g/mol. The Hall–Kier alpha value is -1.29. The minimum atomic E-state index is -3.25. The van der Waals surface area contributed by atoms with Gasteiger partial charge in [-0.3, -0.25) is 0 Å². The molecule has 0 bridgehead atoms. The van der Waals surface area contributed by atoms with Gasteiger partial charge in [0.05, 0.1) is 26.1 Å². The summed E-state index contributed by atoms with van der Waals surface area (Å²) < 4.78 is 36.7. The summed E-state index contributed by atoms with van der Waals surface area (Å²) in [4.78, 5) is 8.26. The van der Waals surface area contributed by atoms with Gasteiger partial charge in [0.1, 0.15) is 5.60 Å². The van der Waals surface area contributed by atoms with Crippen LogP contribution in [0.4, 0.5) is 5.95 Å². The minimum absolute atomic E-state index is 0.266. The van der Waals surface area contributed by atoms with Crippen LogP contribution >= 0.6 is 0 Å². The van der Waals surface area contributed by atoms with E-state index in [4.69, 9.17) is 9.47 Å². The third-order valence-corrected chi connectivity index (χ3v) is 5.43. The van der Waals surface area contributed by atoms with E-state index in [1.54, 1.807) is 18.5 Å². The predicted molar refractivity (Wildman–Crippen MR) is 84.5 cm³/mol. The van der Waals surface area contributed by atoms with Crippen LogP contribution in [0.2, 0.25) is 0 Å². The fourth-order valence-electron chi connectivity index (χ4n) is 3.06. The van der Waals surface area contributed by atoms with Gasteiger partial charge in [-0.15, -0.1) is 0 Å². The van der Waals surface area contributed by atoms with Crippen LogP contribution < -0.4 is 5.32 Å². The second-order valence-electron chi connectivity index (χ2n) is 6.17. The first-order valence-electron chi connectivity index (χ1n) is 7.65. The number of aromatic nitrogens is 2. The van der Waals surface area contributed by atoms with E-state index < -0.39 is 15.6 Å². The van der Waals surface area contributed by atoms with E-state index in [2.05, 4.69) is 15.3 Å².